The van der Waals surface area contributed by atoms with Crippen LogP contribution < -0.4 is 4.74 Å². The van der Waals surface area contributed by atoms with Crippen LogP contribution in [0.3, 0.4) is 0 Å². The third kappa shape index (κ3) is 2.11. The van der Waals surface area contributed by atoms with E-state index in [1.165, 1.54) is 11.3 Å². The zero-order valence-electron chi connectivity index (χ0n) is 9.96. The Morgan fingerprint density at radius 2 is 2.32 bits per heavy atom. The fraction of sp³-hybridized carbons (Fsp3) is 0.0769. The molecule has 3 aromatic rings. The monoisotopic (exact) mass is 292 g/mol. The van der Waals surface area contributed by atoms with Crippen molar-refractivity contribution in [3.63, 3.8) is 0 Å². The summed E-state index contributed by atoms with van der Waals surface area (Å²) in [6.45, 7) is 1.89. The van der Waals surface area contributed by atoms with Gasteiger partial charge >= 0.3 is 0 Å². The molecule has 0 bridgehead atoms. The van der Waals surface area contributed by atoms with E-state index in [-0.39, 0.29) is 0 Å². The molecule has 0 unspecified atom stereocenters. The van der Waals surface area contributed by atoms with Crippen LogP contribution in [0.1, 0.15) is 16.1 Å². The van der Waals surface area contributed by atoms with Gasteiger partial charge in [0, 0.05) is 16.6 Å². The predicted octanol–water partition coefficient (Wildman–Crippen LogP) is 3.96. The number of halogens is 1. The van der Waals surface area contributed by atoms with Gasteiger partial charge in [-0.1, -0.05) is 11.6 Å². The summed E-state index contributed by atoms with van der Waals surface area (Å²) in [6.07, 6.45) is 2.53. The molecule has 0 aliphatic rings. The van der Waals surface area contributed by atoms with Gasteiger partial charge in [-0.25, -0.2) is 0 Å². The van der Waals surface area contributed by atoms with Gasteiger partial charge in [-0.2, -0.15) is 4.98 Å². The van der Waals surface area contributed by atoms with Crippen molar-refractivity contribution in [2.45, 2.75) is 6.92 Å². The second kappa shape index (κ2) is 4.68. The lowest BCUT2D eigenvalue weighted by Gasteiger charge is -2.06. The van der Waals surface area contributed by atoms with Crippen molar-refractivity contribution < 1.29 is 9.53 Å². The van der Waals surface area contributed by atoms with E-state index in [0.717, 1.165) is 16.8 Å². The fourth-order valence-corrected chi connectivity index (χ4v) is 2.74. The number of hydrogen-bond acceptors (Lipinski definition) is 4. The van der Waals surface area contributed by atoms with Gasteiger partial charge in [0.2, 0.25) is 5.88 Å². The summed E-state index contributed by atoms with van der Waals surface area (Å²) in [5.41, 5.74) is 1.30. The van der Waals surface area contributed by atoms with Crippen molar-refractivity contribution in [1.29, 1.82) is 0 Å². The van der Waals surface area contributed by atoms with Gasteiger partial charge in [-0.3, -0.25) is 9.20 Å². The number of aryl methyl sites for hydroxylation is 1. The zero-order valence-corrected chi connectivity index (χ0v) is 11.5. The molecule has 0 aliphatic heterocycles. The number of rotatable bonds is 3. The van der Waals surface area contributed by atoms with Crippen LogP contribution in [0.4, 0.5) is 0 Å². The minimum absolute atomic E-state index is 0.312. The highest BCUT2D eigenvalue weighted by atomic mass is 35.5. The largest absolute Gasteiger partial charge is 0.437 e. The Hall–Kier alpha value is -1.85. The van der Waals surface area contributed by atoms with Crippen molar-refractivity contribution in [1.82, 2.24) is 9.38 Å². The molecule has 1 aromatic carbocycles. The highest BCUT2D eigenvalue weighted by Gasteiger charge is 2.15. The molecular weight excluding hydrogens is 284 g/mol. The second-order valence-electron chi connectivity index (χ2n) is 3.99. The maximum atomic E-state index is 11.2. The molecular formula is C13H9ClN2O2S. The number of carbonyl (C=O) groups excluding carboxylic acids is 1. The smallest absolute Gasteiger partial charge is 0.250 e. The molecule has 6 heteroatoms. The van der Waals surface area contributed by atoms with Crippen molar-refractivity contribution in [2.75, 3.05) is 0 Å². The first kappa shape index (κ1) is 12.2. The molecule has 2 heterocycles. The number of thiazole rings is 1. The average molecular weight is 293 g/mol. The highest BCUT2D eigenvalue weighted by molar-refractivity contribution is 7.15. The lowest BCUT2D eigenvalue weighted by molar-refractivity contribution is 0.111. The Morgan fingerprint density at radius 1 is 1.47 bits per heavy atom. The second-order valence-corrected chi connectivity index (χ2v) is 5.30. The van der Waals surface area contributed by atoms with Gasteiger partial charge in [0.15, 0.2) is 16.9 Å². The van der Waals surface area contributed by atoms with Crippen molar-refractivity contribution in [3.05, 3.63) is 46.1 Å². The van der Waals surface area contributed by atoms with E-state index < -0.39 is 0 Å². The topological polar surface area (TPSA) is 43.6 Å². The Balaban J connectivity index is 2.05. The average Bonchev–Trinajstić information content (AvgIpc) is 2.92. The molecule has 0 atom stereocenters. The first-order chi connectivity index (χ1) is 9.19. The third-order valence-corrected chi connectivity index (χ3v) is 3.71. The Bertz CT molecular complexity index is 763. The first-order valence-electron chi connectivity index (χ1n) is 5.54. The van der Waals surface area contributed by atoms with E-state index >= 15 is 0 Å². The van der Waals surface area contributed by atoms with Crippen molar-refractivity contribution >= 4 is 34.2 Å². The first-order valence-corrected chi connectivity index (χ1v) is 6.79. The van der Waals surface area contributed by atoms with E-state index in [0.29, 0.717) is 22.3 Å². The molecule has 0 saturated heterocycles. The van der Waals surface area contributed by atoms with E-state index in [4.69, 9.17) is 16.3 Å². The number of hydrogen-bond donors (Lipinski definition) is 0. The van der Waals surface area contributed by atoms with E-state index in [2.05, 4.69) is 4.98 Å². The predicted molar refractivity (Wildman–Crippen MR) is 74.7 cm³/mol. The molecule has 4 nitrogen and oxygen atoms in total. The standard InChI is InChI=1S/C13H9ClN2O2S/c1-8-6-9(14)2-3-11(8)18-12-10(7-17)16-4-5-19-13(16)15-12/h2-7H,1H3. The van der Waals surface area contributed by atoms with Crippen LogP contribution in [0, 0.1) is 6.92 Å². The molecule has 0 radical (unpaired) electrons. The van der Waals surface area contributed by atoms with Gasteiger partial charge in [-0.05, 0) is 30.7 Å². The summed E-state index contributed by atoms with van der Waals surface area (Å²) >= 11 is 7.34. The fourth-order valence-electron chi connectivity index (χ4n) is 1.80. The Morgan fingerprint density at radius 3 is 3.05 bits per heavy atom. The van der Waals surface area contributed by atoms with Gasteiger partial charge in [0.1, 0.15) is 5.75 Å². The number of ether oxygens (including phenoxy) is 1. The molecule has 3 rings (SSSR count). The SMILES string of the molecule is Cc1cc(Cl)ccc1Oc1nc2sccn2c1C=O. The molecule has 0 aliphatic carbocycles. The van der Waals surface area contributed by atoms with Crippen molar-refractivity contribution in [2.24, 2.45) is 0 Å². The third-order valence-electron chi connectivity index (χ3n) is 2.72. The Kier molecular flexibility index (Phi) is 3.00. The van der Waals surface area contributed by atoms with Crippen LogP contribution in [-0.2, 0) is 0 Å². The van der Waals surface area contributed by atoms with Crippen LogP contribution in [-0.4, -0.2) is 15.7 Å². The van der Waals surface area contributed by atoms with Gasteiger partial charge in [-0.15, -0.1) is 11.3 Å². The number of carbonyl (C=O) groups is 1. The van der Waals surface area contributed by atoms with E-state index in [1.807, 2.05) is 12.3 Å². The maximum Gasteiger partial charge on any atom is 0.250 e. The van der Waals surface area contributed by atoms with Gasteiger partial charge in [0.25, 0.3) is 0 Å². The highest BCUT2D eigenvalue weighted by Crippen LogP contribution is 2.30. The number of benzene rings is 1. The Labute approximate surface area is 118 Å². The van der Waals surface area contributed by atoms with Gasteiger partial charge < -0.3 is 4.74 Å². The number of imidazole rings is 1. The summed E-state index contributed by atoms with van der Waals surface area (Å²) in [6, 6.07) is 5.30. The number of aldehydes is 1. The normalized spacial score (nSPS) is 10.8. The molecule has 0 saturated carbocycles. The minimum Gasteiger partial charge on any atom is -0.437 e. The molecule has 0 fully saturated rings. The number of aromatic nitrogens is 2. The van der Waals surface area contributed by atoms with Crippen LogP contribution in [0.2, 0.25) is 5.02 Å². The lowest BCUT2D eigenvalue weighted by atomic mass is 10.2. The molecule has 19 heavy (non-hydrogen) atoms. The quantitative estimate of drug-likeness (QED) is 0.686. The summed E-state index contributed by atoms with van der Waals surface area (Å²) in [4.78, 5) is 16.2. The molecule has 2 aromatic heterocycles. The zero-order chi connectivity index (χ0) is 13.4. The van der Waals surface area contributed by atoms with E-state index in [9.17, 15) is 4.79 Å². The number of nitrogens with zero attached hydrogens (tertiary/aromatic N) is 2. The summed E-state index contributed by atoms with van der Waals surface area (Å²) in [7, 11) is 0. The lowest BCUT2D eigenvalue weighted by Crippen LogP contribution is -1.93. The van der Waals surface area contributed by atoms with Gasteiger partial charge in [0.05, 0.1) is 0 Å². The molecule has 0 spiro atoms. The molecule has 0 N–H and O–H groups in total. The molecule has 96 valence electrons. The maximum absolute atomic E-state index is 11.2. The van der Waals surface area contributed by atoms with Crippen LogP contribution >= 0.6 is 22.9 Å². The van der Waals surface area contributed by atoms with Crippen LogP contribution in [0.25, 0.3) is 4.96 Å². The minimum atomic E-state index is 0.312. The summed E-state index contributed by atoms with van der Waals surface area (Å²) < 4.78 is 7.42. The van der Waals surface area contributed by atoms with Crippen molar-refractivity contribution in [3.8, 4) is 11.6 Å². The summed E-state index contributed by atoms with van der Waals surface area (Å²) in [5.74, 6) is 0.950. The van der Waals surface area contributed by atoms with E-state index in [1.54, 1.807) is 28.8 Å². The van der Waals surface area contributed by atoms with Crippen LogP contribution in [0.15, 0.2) is 29.8 Å². The van der Waals surface area contributed by atoms with Crippen LogP contribution in [0.5, 0.6) is 11.6 Å². The summed E-state index contributed by atoms with van der Waals surface area (Å²) in [5, 5.41) is 2.51. The molecule has 0 amide bonds. The number of fused-ring (bicyclic) bond motifs is 1.